The first-order valence-corrected chi connectivity index (χ1v) is 10.1. The smallest absolute Gasteiger partial charge is 0.416 e. The zero-order valence-corrected chi connectivity index (χ0v) is 18.2. The minimum Gasteiger partial charge on any atom is -0.483 e. The van der Waals surface area contributed by atoms with Gasteiger partial charge in [-0.3, -0.25) is 4.79 Å². The fourth-order valence-electron chi connectivity index (χ4n) is 3.33. The molecule has 0 aliphatic carbocycles. The van der Waals surface area contributed by atoms with E-state index >= 15 is 0 Å². The molecule has 0 aliphatic heterocycles. The molecule has 170 valence electrons. The maximum atomic E-state index is 12.8. The van der Waals surface area contributed by atoms with E-state index in [1.165, 1.54) is 19.2 Å². The van der Waals surface area contributed by atoms with Gasteiger partial charge in [0.15, 0.2) is 11.9 Å². The Labute approximate surface area is 184 Å². The molecule has 3 rings (SSSR count). The maximum absolute atomic E-state index is 12.8. The zero-order chi connectivity index (χ0) is 23.5. The second-order valence-electron chi connectivity index (χ2n) is 7.47. The first kappa shape index (κ1) is 23.4. The molecule has 0 fully saturated rings. The fraction of sp³-hybridized carbons (Fsp3) is 0.333. The Morgan fingerprint density at radius 2 is 1.81 bits per heavy atom. The van der Waals surface area contributed by atoms with E-state index < -0.39 is 17.8 Å². The number of nitrogens with zero attached hydrogens (tertiary/aromatic N) is 1. The summed E-state index contributed by atoms with van der Waals surface area (Å²) in [5.74, 6) is 1.09. The molecular formula is C24H24F3NO4. The summed E-state index contributed by atoms with van der Waals surface area (Å²) >= 11 is 0. The van der Waals surface area contributed by atoms with Crippen LogP contribution in [0.1, 0.15) is 47.6 Å². The Bertz CT molecular complexity index is 1090. The molecule has 5 nitrogen and oxygen atoms in total. The Kier molecular flexibility index (Phi) is 6.91. The van der Waals surface area contributed by atoms with Crippen molar-refractivity contribution in [3.05, 3.63) is 70.6 Å². The Balaban J connectivity index is 1.72. The van der Waals surface area contributed by atoms with Gasteiger partial charge in [0, 0.05) is 12.0 Å². The van der Waals surface area contributed by atoms with Crippen LogP contribution in [0.4, 0.5) is 13.2 Å². The lowest BCUT2D eigenvalue weighted by Gasteiger charge is -2.15. The molecule has 0 radical (unpaired) electrons. The van der Waals surface area contributed by atoms with Gasteiger partial charge in [0.25, 0.3) is 0 Å². The van der Waals surface area contributed by atoms with Crippen LogP contribution in [-0.4, -0.2) is 18.1 Å². The molecule has 2 aromatic carbocycles. The summed E-state index contributed by atoms with van der Waals surface area (Å²) in [5, 5.41) is 0. The quantitative estimate of drug-likeness (QED) is 0.402. The molecule has 0 saturated heterocycles. The van der Waals surface area contributed by atoms with E-state index in [9.17, 15) is 18.0 Å². The van der Waals surface area contributed by atoms with E-state index in [1.807, 2.05) is 32.0 Å². The van der Waals surface area contributed by atoms with Gasteiger partial charge in [-0.15, -0.1) is 0 Å². The number of carbonyl (C=O) groups excluding carboxylic acids is 1. The summed E-state index contributed by atoms with van der Waals surface area (Å²) in [5.41, 5.74) is 2.32. The number of hydrogen-bond donors (Lipinski definition) is 0. The number of aromatic nitrogens is 1. The van der Waals surface area contributed by atoms with Crippen molar-refractivity contribution in [1.82, 2.24) is 4.98 Å². The van der Waals surface area contributed by atoms with Crippen LogP contribution in [-0.2, 0) is 22.1 Å². The number of halogens is 3. The summed E-state index contributed by atoms with van der Waals surface area (Å²) in [4.78, 5) is 15.7. The number of esters is 1. The highest BCUT2D eigenvalue weighted by Gasteiger charge is 2.30. The lowest BCUT2D eigenvalue weighted by atomic mass is 10.0. The van der Waals surface area contributed by atoms with E-state index in [-0.39, 0.29) is 11.9 Å². The van der Waals surface area contributed by atoms with Crippen molar-refractivity contribution in [1.29, 1.82) is 0 Å². The predicted octanol–water partition coefficient (Wildman–Crippen LogP) is 6.22. The van der Waals surface area contributed by atoms with Crippen LogP contribution >= 0.6 is 0 Å². The average molecular weight is 447 g/mol. The highest BCUT2D eigenvalue weighted by molar-refractivity contribution is 5.69. The first-order chi connectivity index (χ1) is 15.1. The highest BCUT2D eigenvalue weighted by Crippen LogP contribution is 2.33. The van der Waals surface area contributed by atoms with E-state index in [0.29, 0.717) is 35.6 Å². The molecule has 0 saturated carbocycles. The van der Waals surface area contributed by atoms with Crippen molar-refractivity contribution >= 4 is 5.97 Å². The molecule has 32 heavy (non-hydrogen) atoms. The average Bonchev–Trinajstić information content (AvgIpc) is 3.14. The third-order valence-electron chi connectivity index (χ3n) is 5.11. The molecule has 8 heteroatoms. The van der Waals surface area contributed by atoms with Crippen molar-refractivity contribution < 1.29 is 31.9 Å². The lowest BCUT2D eigenvalue weighted by Crippen LogP contribution is -2.05. The largest absolute Gasteiger partial charge is 0.483 e. The minimum absolute atomic E-state index is 0.232. The maximum Gasteiger partial charge on any atom is 0.416 e. The fourth-order valence-corrected chi connectivity index (χ4v) is 3.33. The number of aryl methyl sites for hydroxylation is 3. The monoisotopic (exact) mass is 447 g/mol. The van der Waals surface area contributed by atoms with Gasteiger partial charge < -0.3 is 13.9 Å². The summed E-state index contributed by atoms with van der Waals surface area (Å²) in [6, 6.07) is 10.3. The third-order valence-corrected chi connectivity index (χ3v) is 5.11. The topological polar surface area (TPSA) is 61.6 Å². The summed E-state index contributed by atoms with van der Waals surface area (Å²) in [7, 11) is 1.36. The molecule has 0 N–H and O–H groups in total. The predicted molar refractivity (Wildman–Crippen MR) is 112 cm³/mol. The van der Waals surface area contributed by atoms with E-state index in [2.05, 4.69) is 9.72 Å². The Morgan fingerprint density at radius 1 is 1.12 bits per heavy atom. The normalized spacial score (nSPS) is 12.5. The number of methoxy groups -OCH3 is 1. The molecule has 3 aromatic rings. The van der Waals surface area contributed by atoms with Crippen LogP contribution in [0.25, 0.3) is 11.5 Å². The van der Waals surface area contributed by atoms with Crippen LogP contribution < -0.4 is 4.74 Å². The van der Waals surface area contributed by atoms with E-state index in [1.54, 1.807) is 6.92 Å². The van der Waals surface area contributed by atoms with Gasteiger partial charge in [0.2, 0.25) is 5.89 Å². The SMILES string of the molecule is COC(=O)CCc1ccc(OC(C)c2oc(-c3ccc(C(F)(F)F)cc3)nc2C)cc1C. The minimum atomic E-state index is -4.40. The second-order valence-corrected chi connectivity index (χ2v) is 7.47. The van der Waals surface area contributed by atoms with Crippen LogP contribution in [0, 0.1) is 13.8 Å². The number of carbonyl (C=O) groups is 1. The van der Waals surface area contributed by atoms with Gasteiger partial charge >= 0.3 is 12.1 Å². The summed E-state index contributed by atoms with van der Waals surface area (Å²) in [6.45, 7) is 5.50. The number of rotatable bonds is 7. The van der Waals surface area contributed by atoms with Crippen molar-refractivity contribution in [3.8, 4) is 17.2 Å². The second kappa shape index (κ2) is 9.46. The molecule has 0 amide bonds. The number of alkyl halides is 3. The van der Waals surface area contributed by atoms with Crippen LogP contribution in [0.3, 0.4) is 0 Å². The summed E-state index contributed by atoms with van der Waals surface area (Å²) in [6.07, 6.45) is -3.98. The van der Waals surface area contributed by atoms with Gasteiger partial charge in [-0.1, -0.05) is 6.07 Å². The molecule has 1 unspecified atom stereocenters. The van der Waals surface area contributed by atoms with Crippen molar-refractivity contribution in [2.45, 2.75) is 45.9 Å². The first-order valence-electron chi connectivity index (χ1n) is 10.1. The zero-order valence-electron chi connectivity index (χ0n) is 18.2. The van der Waals surface area contributed by atoms with Crippen molar-refractivity contribution in [2.24, 2.45) is 0 Å². The Hall–Kier alpha value is -3.29. The molecule has 1 atom stereocenters. The van der Waals surface area contributed by atoms with Gasteiger partial charge in [-0.2, -0.15) is 13.2 Å². The number of hydrogen-bond acceptors (Lipinski definition) is 5. The van der Waals surface area contributed by atoms with Gasteiger partial charge in [0.05, 0.1) is 18.4 Å². The molecule has 0 aliphatic rings. The van der Waals surface area contributed by atoms with E-state index in [4.69, 9.17) is 9.15 Å². The molecular weight excluding hydrogens is 423 g/mol. The van der Waals surface area contributed by atoms with Gasteiger partial charge in [-0.05, 0) is 74.7 Å². The molecule has 0 bridgehead atoms. The van der Waals surface area contributed by atoms with Crippen LogP contribution in [0.2, 0.25) is 0 Å². The lowest BCUT2D eigenvalue weighted by molar-refractivity contribution is -0.140. The van der Waals surface area contributed by atoms with Crippen LogP contribution in [0.15, 0.2) is 46.9 Å². The Morgan fingerprint density at radius 3 is 2.41 bits per heavy atom. The molecule has 1 aromatic heterocycles. The molecule has 0 spiro atoms. The van der Waals surface area contributed by atoms with Gasteiger partial charge in [0.1, 0.15) is 5.75 Å². The molecule has 1 heterocycles. The van der Waals surface area contributed by atoms with Crippen molar-refractivity contribution in [3.63, 3.8) is 0 Å². The van der Waals surface area contributed by atoms with Gasteiger partial charge in [-0.25, -0.2) is 4.98 Å². The number of oxazole rings is 1. The summed E-state index contributed by atoms with van der Waals surface area (Å²) < 4.78 is 54.8. The standard InChI is InChI=1S/C24H24F3NO4/c1-14-13-20(11-7-17(14)8-12-21(29)30-4)31-16(3)22-15(2)28-23(32-22)18-5-9-19(10-6-18)24(25,26)27/h5-7,9-11,13,16H,8,12H2,1-4H3. The van der Waals surface area contributed by atoms with Crippen molar-refractivity contribution in [2.75, 3.05) is 7.11 Å². The van der Waals surface area contributed by atoms with Crippen LogP contribution in [0.5, 0.6) is 5.75 Å². The number of ether oxygens (including phenoxy) is 2. The van der Waals surface area contributed by atoms with E-state index in [0.717, 1.165) is 23.3 Å². The number of benzene rings is 2. The highest BCUT2D eigenvalue weighted by atomic mass is 19.4. The third kappa shape index (κ3) is 5.49.